The highest BCUT2D eigenvalue weighted by atomic mass is 16.5. The number of aromatic amines is 2. The smallest absolute Gasteiger partial charge is 0.137 e. The Morgan fingerprint density at radius 1 is 0.816 bits per heavy atom. The molecule has 0 radical (unpaired) electrons. The van der Waals surface area contributed by atoms with Crippen LogP contribution < -0.4 is 4.74 Å². The molecule has 1 aliphatic heterocycles. The van der Waals surface area contributed by atoms with Crippen LogP contribution in [0.4, 0.5) is 0 Å². The SMILES string of the molecule is Cc1nc2c3cnccc3c3cc(-c4ccc5c6c(ccc5c4)-c4nc(C(C)C)[nH]c4CO6)ccc3c2[nH]1. The molecule has 0 saturated carbocycles. The molecule has 4 heterocycles. The number of imidazole rings is 2. The van der Waals surface area contributed by atoms with Gasteiger partial charge in [0, 0.05) is 40.0 Å². The summed E-state index contributed by atoms with van der Waals surface area (Å²) < 4.78 is 6.26. The molecule has 0 unspecified atom stereocenters. The second-order valence-electron chi connectivity index (χ2n) is 10.5. The van der Waals surface area contributed by atoms with Gasteiger partial charge in [0.05, 0.1) is 22.4 Å². The normalized spacial score (nSPS) is 12.9. The fourth-order valence-electron chi connectivity index (χ4n) is 5.86. The zero-order valence-corrected chi connectivity index (χ0v) is 21.4. The number of aryl methyl sites for hydroxylation is 1. The number of hydrogen-bond acceptors (Lipinski definition) is 4. The Morgan fingerprint density at radius 2 is 1.66 bits per heavy atom. The third-order valence-corrected chi connectivity index (χ3v) is 7.74. The van der Waals surface area contributed by atoms with Crippen molar-refractivity contribution in [2.24, 2.45) is 0 Å². The molecule has 8 rings (SSSR count). The van der Waals surface area contributed by atoms with Gasteiger partial charge in [-0.05, 0) is 58.5 Å². The molecule has 0 fully saturated rings. The molecule has 184 valence electrons. The summed E-state index contributed by atoms with van der Waals surface area (Å²) in [6.45, 7) is 6.81. The minimum absolute atomic E-state index is 0.343. The first-order chi connectivity index (χ1) is 18.5. The molecule has 4 aromatic carbocycles. The third kappa shape index (κ3) is 2.97. The first-order valence-electron chi connectivity index (χ1n) is 13.0. The molecule has 0 atom stereocenters. The van der Waals surface area contributed by atoms with E-state index in [9.17, 15) is 0 Å². The predicted molar refractivity (Wildman–Crippen MR) is 153 cm³/mol. The van der Waals surface area contributed by atoms with E-state index in [-0.39, 0.29) is 0 Å². The van der Waals surface area contributed by atoms with E-state index in [0.29, 0.717) is 12.5 Å². The summed E-state index contributed by atoms with van der Waals surface area (Å²) in [4.78, 5) is 20.9. The molecule has 0 bridgehead atoms. The summed E-state index contributed by atoms with van der Waals surface area (Å²) in [7, 11) is 0. The van der Waals surface area contributed by atoms with Crippen LogP contribution in [-0.2, 0) is 6.61 Å². The van der Waals surface area contributed by atoms with Gasteiger partial charge in [0.25, 0.3) is 0 Å². The average molecular weight is 496 g/mol. The van der Waals surface area contributed by atoms with Crippen molar-refractivity contribution >= 4 is 43.4 Å². The highest BCUT2D eigenvalue weighted by Crippen LogP contribution is 2.43. The van der Waals surface area contributed by atoms with E-state index < -0.39 is 0 Å². The monoisotopic (exact) mass is 495 g/mol. The number of rotatable bonds is 2. The Balaban J connectivity index is 1.29. The molecule has 0 amide bonds. The Bertz CT molecular complexity index is 2080. The molecule has 0 saturated heterocycles. The van der Waals surface area contributed by atoms with Crippen LogP contribution in [0.15, 0.2) is 67.0 Å². The molecular formula is C32H25N5O. The Labute approximate surface area is 218 Å². The highest BCUT2D eigenvalue weighted by molar-refractivity contribution is 6.23. The number of benzene rings is 4. The van der Waals surface area contributed by atoms with E-state index in [1.54, 1.807) is 0 Å². The number of aromatic nitrogens is 5. The number of H-pyrrole nitrogens is 2. The van der Waals surface area contributed by atoms with Gasteiger partial charge in [-0.25, -0.2) is 9.97 Å². The van der Waals surface area contributed by atoms with E-state index in [0.717, 1.165) is 66.9 Å². The molecular weight excluding hydrogens is 470 g/mol. The van der Waals surface area contributed by atoms with Crippen LogP contribution in [0.25, 0.3) is 65.7 Å². The molecule has 38 heavy (non-hydrogen) atoms. The van der Waals surface area contributed by atoms with Gasteiger partial charge >= 0.3 is 0 Å². The van der Waals surface area contributed by atoms with Crippen molar-refractivity contribution in [3.63, 3.8) is 0 Å². The van der Waals surface area contributed by atoms with Crippen LogP contribution >= 0.6 is 0 Å². The summed E-state index contributed by atoms with van der Waals surface area (Å²) in [6, 6.07) is 19.7. The number of nitrogens with one attached hydrogen (secondary N) is 2. The van der Waals surface area contributed by atoms with E-state index in [4.69, 9.17) is 14.7 Å². The van der Waals surface area contributed by atoms with Gasteiger partial charge in [-0.15, -0.1) is 0 Å². The zero-order chi connectivity index (χ0) is 25.5. The van der Waals surface area contributed by atoms with Gasteiger partial charge in [0.15, 0.2) is 0 Å². The number of fused-ring (bicyclic) bond motifs is 11. The van der Waals surface area contributed by atoms with Crippen molar-refractivity contribution in [1.82, 2.24) is 24.9 Å². The lowest BCUT2D eigenvalue weighted by molar-refractivity contribution is 0.301. The molecule has 0 spiro atoms. The minimum Gasteiger partial charge on any atom is -0.486 e. The van der Waals surface area contributed by atoms with Gasteiger partial charge in [-0.2, -0.15) is 0 Å². The van der Waals surface area contributed by atoms with E-state index in [1.165, 1.54) is 21.9 Å². The van der Waals surface area contributed by atoms with Gasteiger partial charge in [0.2, 0.25) is 0 Å². The van der Waals surface area contributed by atoms with Crippen molar-refractivity contribution in [2.45, 2.75) is 33.3 Å². The molecule has 0 aliphatic carbocycles. The van der Waals surface area contributed by atoms with Crippen LogP contribution in [0.1, 0.15) is 37.1 Å². The Morgan fingerprint density at radius 3 is 2.53 bits per heavy atom. The maximum absolute atomic E-state index is 6.26. The second-order valence-corrected chi connectivity index (χ2v) is 10.5. The fraction of sp³-hybridized carbons (Fsp3) is 0.156. The van der Waals surface area contributed by atoms with Crippen LogP contribution in [0.3, 0.4) is 0 Å². The Kier molecular flexibility index (Phi) is 4.30. The van der Waals surface area contributed by atoms with Crippen molar-refractivity contribution < 1.29 is 4.74 Å². The summed E-state index contributed by atoms with van der Waals surface area (Å²) in [5.41, 5.74) is 7.49. The topological polar surface area (TPSA) is 79.5 Å². The molecule has 2 N–H and O–H groups in total. The Hall–Kier alpha value is -4.71. The quantitative estimate of drug-likeness (QED) is 0.240. The van der Waals surface area contributed by atoms with Crippen LogP contribution in [0.5, 0.6) is 5.75 Å². The maximum Gasteiger partial charge on any atom is 0.137 e. The van der Waals surface area contributed by atoms with Gasteiger partial charge < -0.3 is 14.7 Å². The lowest BCUT2D eigenvalue weighted by Crippen LogP contribution is -2.05. The standard InChI is InChI=1S/C32H25N5O/c1-16(2)32-36-27-15-38-31-21-7-4-18(12-20(21)6-9-24(31)28(27)37-32)19-5-8-23-25(13-19)22-10-11-33-14-26(22)30-29(23)34-17(3)35-30/h4-14,16H,15H2,1-3H3,(H,34,35)(H,36,37). The summed E-state index contributed by atoms with van der Waals surface area (Å²) >= 11 is 0. The molecule has 1 aliphatic rings. The first-order valence-corrected chi connectivity index (χ1v) is 13.0. The fourth-order valence-corrected chi connectivity index (χ4v) is 5.86. The molecule has 6 heteroatoms. The number of hydrogen-bond donors (Lipinski definition) is 2. The summed E-state index contributed by atoms with van der Waals surface area (Å²) in [5, 5.41) is 6.85. The van der Waals surface area contributed by atoms with Crippen LogP contribution in [0.2, 0.25) is 0 Å². The van der Waals surface area contributed by atoms with E-state index >= 15 is 0 Å². The average Bonchev–Trinajstić information content (AvgIpc) is 3.56. The van der Waals surface area contributed by atoms with E-state index in [1.807, 2.05) is 19.3 Å². The van der Waals surface area contributed by atoms with Crippen LogP contribution in [0, 0.1) is 6.92 Å². The minimum atomic E-state index is 0.343. The largest absolute Gasteiger partial charge is 0.486 e. The number of ether oxygens (including phenoxy) is 1. The molecule has 3 aromatic heterocycles. The lowest BCUT2D eigenvalue weighted by Gasteiger charge is -2.19. The van der Waals surface area contributed by atoms with Crippen molar-refractivity contribution in [3.8, 4) is 28.1 Å². The van der Waals surface area contributed by atoms with Crippen LogP contribution in [-0.4, -0.2) is 24.9 Å². The second kappa shape index (κ2) is 7.65. The van der Waals surface area contributed by atoms with Gasteiger partial charge in [0.1, 0.15) is 24.0 Å². The number of pyridine rings is 1. The zero-order valence-electron chi connectivity index (χ0n) is 21.4. The van der Waals surface area contributed by atoms with Gasteiger partial charge in [-0.3, -0.25) is 4.98 Å². The van der Waals surface area contributed by atoms with Crippen molar-refractivity contribution in [2.75, 3.05) is 0 Å². The first kappa shape index (κ1) is 21.4. The number of nitrogens with zero attached hydrogens (tertiary/aromatic N) is 3. The highest BCUT2D eigenvalue weighted by Gasteiger charge is 2.24. The van der Waals surface area contributed by atoms with Crippen molar-refractivity contribution in [3.05, 3.63) is 84.3 Å². The molecule has 6 nitrogen and oxygen atoms in total. The van der Waals surface area contributed by atoms with Crippen molar-refractivity contribution in [1.29, 1.82) is 0 Å². The third-order valence-electron chi connectivity index (χ3n) is 7.74. The van der Waals surface area contributed by atoms with Gasteiger partial charge in [-0.1, -0.05) is 44.2 Å². The summed E-state index contributed by atoms with van der Waals surface area (Å²) in [6.07, 6.45) is 3.77. The molecule has 7 aromatic rings. The van der Waals surface area contributed by atoms with E-state index in [2.05, 4.69) is 83.4 Å². The lowest BCUT2D eigenvalue weighted by atomic mass is 9.94. The summed E-state index contributed by atoms with van der Waals surface area (Å²) in [5.74, 6) is 3.17. The predicted octanol–water partition coefficient (Wildman–Crippen LogP) is 7.80. The maximum atomic E-state index is 6.26.